The SMILES string of the molecule is CC1CN(c2ccc(OC(F)(F)F)cc2)CC(C)N1Sc1cccc2c1CC(C(=O)O)C2. The molecule has 1 aliphatic heterocycles. The minimum Gasteiger partial charge on any atom is -0.481 e. The van der Waals surface area contributed by atoms with Crippen LogP contribution in [0.4, 0.5) is 18.9 Å². The first kappa shape index (κ1) is 22.8. The first-order valence-electron chi connectivity index (χ1n) is 10.5. The molecule has 1 heterocycles. The summed E-state index contributed by atoms with van der Waals surface area (Å²) in [5.41, 5.74) is 3.10. The van der Waals surface area contributed by atoms with Gasteiger partial charge in [0.25, 0.3) is 0 Å². The van der Waals surface area contributed by atoms with Crippen LogP contribution in [0, 0.1) is 5.92 Å². The van der Waals surface area contributed by atoms with Crippen molar-refractivity contribution in [1.82, 2.24) is 4.31 Å². The number of anilines is 1. The molecule has 2 aliphatic rings. The molecule has 9 heteroatoms. The number of alkyl halides is 3. The molecule has 4 rings (SSSR count). The summed E-state index contributed by atoms with van der Waals surface area (Å²) >= 11 is 1.67. The van der Waals surface area contributed by atoms with Crippen LogP contribution in [0.1, 0.15) is 25.0 Å². The number of piperazine rings is 1. The summed E-state index contributed by atoms with van der Waals surface area (Å²) in [4.78, 5) is 14.7. The van der Waals surface area contributed by atoms with Crippen molar-refractivity contribution in [2.75, 3.05) is 18.0 Å². The van der Waals surface area contributed by atoms with Crippen molar-refractivity contribution >= 4 is 23.6 Å². The first-order valence-corrected chi connectivity index (χ1v) is 11.3. The van der Waals surface area contributed by atoms with Crippen molar-refractivity contribution in [3.63, 3.8) is 0 Å². The van der Waals surface area contributed by atoms with E-state index in [4.69, 9.17) is 0 Å². The number of nitrogens with zero attached hydrogens (tertiary/aromatic N) is 2. The molecule has 1 fully saturated rings. The fraction of sp³-hybridized carbons (Fsp3) is 0.435. The number of carbonyl (C=O) groups is 1. The molecule has 0 saturated carbocycles. The first-order chi connectivity index (χ1) is 15.1. The van der Waals surface area contributed by atoms with Gasteiger partial charge in [0, 0.05) is 35.8 Å². The van der Waals surface area contributed by atoms with Gasteiger partial charge in [0.15, 0.2) is 0 Å². The van der Waals surface area contributed by atoms with Crippen LogP contribution in [-0.4, -0.2) is 46.9 Å². The second kappa shape index (κ2) is 8.86. The minimum atomic E-state index is -4.70. The second-order valence-corrected chi connectivity index (χ2v) is 9.48. The number of aliphatic carboxylic acids is 1. The summed E-state index contributed by atoms with van der Waals surface area (Å²) in [6.07, 6.45) is -3.57. The van der Waals surface area contributed by atoms with Crippen molar-refractivity contribution in [2.24, 2.45) is 5.92 Å². The number of hydrogen-bond acceptors (Lipinski definition) is 5. The van der Waals surface area contributed by atoms with Gasteiger partial charge in [0.1, 0.15) is 5.75 Å². The Bertz CT molecular complexity index is 971. The monoisotopic (exact) mass is 466 g/mol. The van der Waals surface area contributed by atoms with Gasteiger partial charge in [-0.1, -0.05) is 12.1 Å². The summed E-state index contributed by atoms with van der Waals surface area (Å²) < 4.78 is 43.5. The normalized spacial score (nSPS) is 23.8. The van der Waals surface area contributed by atoms with Crippen molar-refractivity contribution in [2.45, 2.75) is 50.0 Å². The molecule has 1 aliphatic carbocycles. The largest absolute Gasteiger partial charge is 0.573 e. The standard InChI is InChI=1S/C23H25F3N2O3S/c1-14-12-27(18-6-8-19(9-7-18)31-23(24,25)26)13-15(2)28(14)32-21-5-3-4-16-10-17(22(29)30)11-20(16)21/h3-9,14-15,17H,10-13H2,1-2H3,(H,29,30). The zero-order valence-corrected chi connectivity index (χ0v) is 18.6. The van der Waals surface area contributed by atoms with Crippen LogP contribution >= 0.6 is 11.9 Å². The van der Waals surface area contributed by atoms with Crippen LogP contribution in [0.5, 0.6) is 5.75 Å². The number of carboxylic acid groups (broad SMARTS) is 1. The number of halogens is 3. The average Bonchev–Trinajstić information content (AvgIpc) is 3.15. The Balaban J connectivity index is 1.44. The second-order valence-electron chi connectivity index (χ2n) is 8.43. The van der Waals surface area contributed by atoms with E-state index in [9.17, 15) is 23.1 Å². The molecule has 5 nitrogen and oxygen atoms in total. The molecule has 2 aromatic carbocycles. The van der Waals surface area contributed by atoms with E-state index in [0.717, 1.165) is 34.8 Å². The van der Waals surface area contributed by atoms with Gasteiger partial charge in [-0.15, -0.1) is 13.2 Å². The molecule has 0 bridgehead atoms. The van der Waals surface area contributed by atoms with Gasteiger partial charge >= 0.3 is 12.3 Å². The third-order valence-corrected chi connectivity index (χ3v) is 7.48. The highest BCUT2D eigenvalue weighted by Crippen LogP contribution is 2.39. The molecule has 3 atom stereocenters. The van der Waals surface area contributed by atoms with Gasteiger partial charge in [-0.05, 0) is 80.1 Å². The summed E-state index contributed by atoms with van der Waals surface area (Å²) in [5, 5.41) is 9.41. The Morgan fingerprint density at radius 1 is 1.06 bits per heavy atom. The lowest BCUT2D eigenvalue weighted by molar-refractivity contribution is -0.274. The minimum absolute atomic E-state index is 0.183. The highest BCUT2D eigenvalue weighted by molar-refractivity contribution is 7.97. The van der Waals surface area contributed by atoms with E-state index in [-0.39, 0.29) is 23.8 Å². The van der Waals surface area contributed by atoms with E-state index in [0.29, 0.717) is 12.8 Å². The summed E-state index contributed by atoms with van der Waals surface area (Å²) in [6.45, 7) is 5.70. The Hall–Kier alpha value is -2.39. The molecule has 1 saturated heterocycles. The van der Waals surface area contributed by atoms with E-state index in [1.54, 1.807) is 24.1 Å². The van der Waals surface area contributed by atoms with Gasteiger partial charge in [0.2, 0.25) is 0 Å². The van der Waals surface area contributed by atoms with Gasteiger partial charge in [-0.2, -0.15) is 0 Å². The zero-order valence-electron chi connectivity index (χ0n) is 17.8. The molecule has 0 amide bonds. The molecular weight excluding hydrogens is 441 g/mol. The van der Waals surface area contributed by atoms with Crippen molar-refractivity contribution in [3.8, 4) is 5.75 Å². The fourth-order valence-corrected chi connectivity index (χ4v) is 5.73. The lowest BCUT2D eigenvalue weighted by Crippen LogP contribution is -2.53. The van der Waals surface area contributed by atoms with Crippen molar-refractivity contribution < 1.29 is 27.8 Å². The number of hydrogen-bond donors (Lipinski definition) is 1. The van der Waals surface area contributed by atoms with Crippen LogP contribution in [0.15, 0.2) is 47.4 Å². The highest BCUT2D eigenvalue weighted by atomic mass is 32.2. The maximum Gasteiger partial charge on any atom is 0.573 e. The number of ether oxygens (including phenoxy) is 1. The van der Waals surface area contributed by atoms with Crippen molar-refractivity contribution in [3.05, 3.63) is 53.6 Å². The predicted octanol–water partition coefficient (Wildman–Crippen LogP) is 4.99. The Morgan fingerprint density at radius 3 is 2.31 bits per heavy atom. The number of carboxylic acids is 1. The third kappa shape index (κ3) is 4.99. The molecule has 0 spiro atoms. The van der Waals surface area contributed by atoms with Crippen LogP contribution in [0.25, 0.3) is 0 Å². The smallest absolute Gasteiger partial charge is 0.481 e. The maximum absolute atomic E-state index is 12.4. The lowest BCUT2D eigenvalue weighted by atomic mass is 10.1. The van der Waals surface area contributed by atoms with Crippen molar-refractivity contribution in [1.29, 1.82) is 0 Å². The predicted molar refractivity (Wildman–Crippen MR) is 117 cm³/mol. The van der Waals surface area contributed by atoms with E-state index in [2.05, 4.69) is 33.9 Å². The number of fused-ring (bicyclic) bond motifs is 1. The van der Waals surface area contributed by atoms with Gasteiger partial charge in [-0.25, -0.2) is 4.31 Å². The third-order valence-electron chi connectivity index (χ3n) is 5.97. The maximum atomic E-state index is 12.4. The number of benzene rings is 2. The molecule has 0 aromatic heterocycles. The molecule has 2 aromatic rings. The van der Waals surface area contributed by atoms with E-state index < -0.39 is 12.3 Å². The van der Waals surface area contributed by atoms with Gasteiger partial charge in [0.05, 0.1) is 5.92 Å². The molecule has 32 heavy (non-hydrogen) atoms. The molecule has 1 N–H and O–H groups in total. The Labute approximate surface area is 189 Å². The zero-order chi connectivity index (χ0) is 23.0. The summed E-state index contributed by atoms with van der Waals surface area (Å²) in [6, 6.07) is 12.4. The fourth-order valence-electron chi connectivity index (χ4n) is 4.55. The Kier molecular flexibility index (Phi) is 6.31. The van der Waals surface area contributed by atoms with Gasteiger partial charge < -0.3 is 14.7 Å². The lowest BCUT2D eigenvalue weighted by Gasteiger charge is -2.44. The van der Waals surface area contributed by atoms with Gasteiger partial charge in [-0.3, -0.25) is 4.79 Å². The van der Waals surface area contributed by atoms with E-state index in [1.807, 2.05) is 12.1 Å². The average molecular weight is 467 g/mol. The van der Waals surface area contributed by atoms with Crippen LogP contribution < -0.4 is 9.64 Å². The van der Waals surface area contributed by atoms with Crippen LogP contribution in [-0.2, 0) is 17.6 Å². The topological polar surface area (TPSA) is 53.0 Å². The van der Waals surface area contributed by atoms with Crippen LogP contribution in [0.3, 0.4) is 0 Å². The van der Waals surface area contributed by atoms with E-state index in [1.165, 1.54) is 12.1 Å². The Morgan fingerprint density at radius 2 is 1.72 bits per heavy atom. The van der Waals surface area contributed by atoms with Crippen LogP contribution in [0.2, 0.25) is 0 Å². The number of rotatable bonds is 5. The molecular formula is C23H25F3N2O3S. The van der Waals surface area contributed by atoms with E-state index >= 15 is 0 Å². The highest BCUT2D eigenvalue weighted by Gasteiger charge is 2.34. The summed E-state index contributed by atoms with van der Waals surface area (Å²) in [7, 11) is 0. The molecule has 0 radical (unpaired) electrons. The molecule has 172 valence electrons. The summed E-state index contributed by atoms with van der Waals surface area (Å²) in [5.74, 6) is -1.34. The molecule has 3 unspecified atom stereocenters. The quantitative estimate of drug-likeness (QED) is 0.627.